The van der Waals surface area contributed by atoms with Gasteiger partial charge in [-0.05, 0) is 36.6 Å². The zero-order chi connectivity index (χ0) is 17.9. The van der Waals surface area contributed by atoms with E-state index in [-0.39, 0.29) is 30.9 Å². The third kappa shape index (κ3) is 6.11. The Hall–Kier alpha value is -1.26. The molecule has 5 heteroatoms. The van der Waals surface area contributed by atoms with E-state index in [2.05, 4.69) is 50.4 Å². The lowest BCUT2D eigenvalue weighted by Gasteiger charge is -2.30. The van der Waals surface area contributed by atoms with Gasteiger partial charge in [-0.1, -0.05) is 42.0 Å². The molecule has 0 bridgehead atoms. The van der Waals surface area contributed by atoms with Crippen molar-refractivity contribution in [3.8, 4) is 5.75 Å². The number of methoxy groups -OCH3 is 1. The van der Waals surface area contributed by atoms with E-state index < -0.39 is 0 Å². The van der Waals surface area contributed by atoms with Crippen LogP contribution in [0.15, 0.2) is 48.5 Å². The van der Waals surface area contributed by atoms with Crippen LogP contribution in [0.5, 0.6) is 5.75 Å². The van der Waals surface area contributed by atoms with Crippen LogP contribution in [0.25, 0.3) is 0 Å². The SMILES string of the molecule is COc1ccc(CCC[N+]2(C)CC(N)C(c3ccc(C)cc3)C2)cc1.Cl.[Cl-]. The number of hydrogen-bond acceptors (Lipinski definition) is 2. The van der Waals surface area contributed by atoms with E-state index in [1.807, 2.05) is 12.1 Å². The van der Waals surface area contributed by atoms with Gasteiger partial charge in [0.15, 0.2) is 0 Å². The molecule has 3 nitrogen and oxygen atoms in total. The molecule has 1 aliphatic heterocycles. The maximum atomic E-state index is 6.51. The van der Waals surface area contributed by atoms with Crippen LogP contribution in [0.4, 0.5) is 0 Å². The monoisotopic (exact) mass is 410 g/mol. The fourth-order valence-electron chi connectivity index (χ4n) is 4.13. The van der Waals surface area contributed by atoms with E-state index in [1.54, 1.807) is 7.11 Å². The Kier molecular flexibility index (Phi) is 9.10. The fourth-order valence-corrected chi connectivity index (χ4v) is 4.13. The Balaban J connectivity index is 0.00000182. The molecule has 3 atom stereocenters. The van der Waals surface area contributed by atoms with E-state index in [0.29, 0.717) is 5.92 Å². The van der Waals surface area contributed by atoms with Gasteiger partial charge in [-0.2, -0.15) is 0 Å². The predicted molar refractivity (Wildman–Crippen MR) is 111 cm³/mol. The van der Waals surface area contributed by atoms with Crippen LogP contribution in [-0.4, -0.2) is 44.3 Å². The molecule has 2 aromatic carbocycles. The smallest absolute Gasteiger partial charge is 0.118 e. The second kappa shape index (κ2) is 10.3. The molecular weight excluding hydrogens is 379 g/mol. The largest absolute Gasteiger partial charge is 1.00 e. The molecule has 1 fully saturated rings. The van der Waals surface area contributed by atoms with Gasteiger partial charge in [0.25, 0.3) is 0 Å². The van der Waals surface area contributed by atoms with Crippen molar-refractivity contribution in [2.45, 2.75) is 31.7 Å². The van der Waals surface area contributed by atoms with Gasteiger partial charge < -0.3 is 27.4 Å². The number of likely N-dealkylation sites (tertiary alicyclic amines) is 1. The topological polar surface area (TPSA) is 35.2 Å². The Morgan fingerprint density at radius 1 is 1.04 bits per heavy atom. The molecule has 0 spiro atoms. The lowest BCUT2D eigenvalue weighted by molar-refractivity contribution is -0.898. The summed E-state index contributed by atoms with van der Waals surface area (Å²) < 4.78 is 6.31. The minimum absolute atomic E-state index is 0. The van der Waals surface area contributed by atoms with Gasteiger partial charge in [0.1, 0.15) is 5.75 Å². The molecule has 3 rings (SSSR count). The van der Waals surface area contributed by atoms with Crippen LogP contribution in [0.3, 0.4) is 0 Å². The molecule has 0 aliphatic carbocycles. The Bertz CT molecular complexity index is 690. The second-order valence-corrected chi connectivity index (χ2v) is 7.84. The second-order valence-electron chi connectivity index (χ2n) is 7.84. The lowest BCUT2D eigenvalue weighted by Crippen LogP contribution is -3.00. The lowest BCUT2D eigenvalue weighted by atomic mass is 9.94. The first kappa shape index (κ1) is 23.8. The van der Waals surface area contributed by atoms with Crippen molar-refractivity contribution < 1.29 is 21.6 Å². The molecule has 0 saturated carbocycles. The third-order valence-electron chi connectivity index (χ3n) is 5.63. The first-order valence-corrected chi connectivity index (χ1v) is 9.28. The molecule has 2 N–H and O–H groups in total. The highest BCUT2D eigenvalue weighted by Crippen LogP contribution is 2.31. The maximum absolute atomic E-state index is 6.51. The number of nitrogens with zero attached hydrogens (tertiary/aromatic N) is 1. The maximum Gasteiger partial charge on any atom is 0.118 e. The molecule has 27 heavy (non-hydrogen) atoms. The Morgan fingerprint density at radius 3 is 2.26 bits per heavy atom. The zero-order valence-electron chi connectivity index (χ0n) is 16.5. The van der Waals surface area contributed by atoms with Crippen molar-refractivity contribution in [3.05, 3.63) is 65.2 Å². The number of ether oxygens (including phenoxy) is 1. The van der Waals surface area contributed by atoms with Gasteiger partial charge in [0.2, 0.25) is 0 Å². The van der Waals surface area contributed by atoms with Crippen molar-refractivity contribution in [2.75, 3.05) is 33.8 Å². The average Bonchev–Trinajstić information content (AvgIpc) is 2.91. The highest BCUT2D eigenvalue weighted by molar-refractivity contribution is 5.85. The molecule has 0 amide bonds. The summed E-state index contributed by atoms with van der Waals surface area (Å²) >= 11 is 0. The summed E-state index contributed by atoms with van der Waals surface area (Å²) in [6, 6.07) is 17.6. The minimum atomic E-state index is 0. The summed E-state index contributed by atoms with van der Waals surface area (Å²) in [5.74, 6) is 1.40. The average molecular weight is 411 g/mol. The number of quaternary nitrogens is 1. The van der Waals surface area contributed by atoms with Gasteiger partial charge in [0, 0.05) is 6.42 Å². The normalized spacial score (nSPS) is 24.0. The molecule has 1 saturated heterocycles. The number of nitrogens with two attached hydrogens (primary N) is 1. The number of rotatable bonds is 6. The number of benzene rings is 2. The first-order valence-electron chi connectivity index (χ1n) is 9.28. The Labute approximate surface area is 176 Å². The number of likely N-dealkylation sites (N-methyl/N-ethyl adjacent to an activating group) is 1. The summed E-state index contributed by atoms with van der Waals surface area (Å²) in [5.41, 5.74) is 10.6. The van der Waals surface area contributed by atoms with E-state index in [9.17, 15) is 0 Å². The molecule has 150 valence electrons. The van der Waals surface area contributed by atoms with E-state index in [1.165, 1.54) is 29.7 Å². The van der Waals surface area contributed by atoms with Crippen LogP contribution in [0, 0.1) is 6.92 Å². The van der Waals surface area contributed by atoms with E-state index in [0.717, 1.165) is 29.7 Å². The zero-order valence-corrected chi connectivity index (χ0v) is 18.1. The van der Waals surface area contributed by atoms with Crippen molar-refractivity contribution in [1.82, 2.24) is 0 Å². The standard InChI is InChI=1S/C22H31N2O.2ClH/c1-17-6-10-19(11-7-17)21-15-24(2,16-22(21)23)14-4-5-18-8-12-20(25-3)13-9-18;;/h6-13,21-22H,4-5,14-16,23H2,1-3H3;2*1H/q+1;;/p-1. The highest BCUT2D eigenvalue weighted by Gasteiger charge is 2.40. The molecule has 1 aliphatic rings. The third-order valence-corrected chi connectivity index (χ3v) is 5.63. The number of hydrogen-bond donors (Lipinski definition) is 1. The van der Waals surface area contributed by atoms with Crippen molar-refractivity contribution >= 4 is 12.4 Å². The summed E-state index contributed by atoms with van der Waals surface area (Å²) in [6.07, 6.45) is 2.30. The van der Waals surface area contributed by atoms with Crippen LogP contribution in [0.2, 0.25) is 0 Å². The van der Waals surface area contributed by atoms with Gasteiger partial charge >= 0.3 is 0 Å². The van der Waals surface area contributed by atoms with Crippen LogP contribution in [0.1, 0.15) is 29.0 Å². The first-order chi connectivity index (χ1) is 12.0. The van der Waals surface area contributed by atoms with Gasteiger partial charge in [-0.15, -0.1) is 12.4 Å². The predicted octanol–water partition coefficient (Wildman–Crippen LogP) is 0.933. The number of aryl methyl sites for hydroxylation is 2. The van der Waals surface area contributed by atoms with Gasteiger partial charge in [-0.3, -0.25) is 0 Å². The van der Waals surface area contributed by atoms with Crippen LogP contribution in [-0.2, 0) is 6.42 Å². The summed E-state index contributed by atoms with van der Waals surface area (Å²) in [6.45, 7) is 5.54. The molecule has 0 aromatic heterocycles. The van der Waals surface area contributed by atoms with Crippen LogP contribution >= 0.6 is 12.4 Å². The molecule has 3 unspecified atom stereocenters. The van der Waals surface area contributed by atoms with Crippen molar-refractivity contribution in [1.29, 1.82) is 0 Å². The van der Waals surface area contributed by atoms with E-state index in [4.69, 9.17) is 10.5 Å². The summed E-state index contributed by atoms with van der Waals surface area (Å²) in [4.78, 5) is 0. The summed E-state index contributed by atoms with van der Waals surface area (Å²) in [5, 5.41) is 0. The summed E-state index contributed by atoms with van der Waals surface area (Å²) in [7, 11) is 4.07. The van der Waals surface area contributed by atoms with Crippen molar-refractivity contribution in [2.24, 2.45) is 5.73 Å². The van der Waals surface area contributed by atoms with Gasteiger partial charge in [0.05, 0.1) is 45.8 Å². The minimum Gasteiger partial charge on any atom is -1.00 e. The highest BCUT2D eigenvalue weighted by atomic mass is 35.5. The Morgan fingerprint density at radius 2 is 1.67 bits per heavy atom. The van der Waals surface area contributed by atoms with Gasteiger partial charge in [-0.25, -0.2) is 0 Å². The van der Waals surface area contributed by atoms with E-state index >= 15 is 0 Å². The quantitative estimate of drug-likeness (QED) is 0.718. The fraction of sp³-hybridized carbons (Fsp3) is 0.455. The number of halogens is 2. The molecular formula is C22H32Cl2N2O. The molecule has 0 radical (unpaired) electrons. The van der Waals surface area contributed by atoms with Crippen LogP contribution < -0.4 is 22.9 Å². The molecule has 2 aromatic rings. The molecule has 1 heterocycles. The van der Waals surface area contributed by atoms with Crippen molar-refractivity contribution in [3.63, 3.8) is 0 Å².